The predicted molar refractivity (Wildman–Crippen MR) is 86.8 cm³/mol. The van der Waals surface area contributed by atoms with Gasteiger partial charge >= 0.3 is 0 Å². The highest BCUT2D eigenvalue weighted by Gasteiger charge is 2.07. The first-order valence-electron chi connectivity index (χ1n) is 7.31. The molecule has 0 fully saturated rings. The van der Waals surface area contributed by atoms with Gasteiger partial charge in [-0.25, -0.2) is 0 Å². The Balaban J connectivity index is 2.06. The summed E-state index contributed by atoms with van der Waals surface area (Å²) >= 11 is 0. The van der Waals surface area contributed by atoms with Crippen molar-refractivity contribution in [2.75, 3.05) is 31.6 Å². The Kier molecular flexibility index (Phi) is 6.03. The summed E-state index contributed by atoms with van der Waals surface area (Å²) in [7, 11) is 1.69. The first-order chi connectivity index (χ1) is 10.3. The van der Waals surface area contributed by atoms with Crippen molar-refractivity contribution in [3.63, 3.8) is 0 Å². The van der Waals surface area contributed by atoms with Gasteiger partial charge in [-0.15, -0.1) is 0 Å². The average molecular weight is 285 g/mol. The van der Waals surface area contributed by atoms with E-state index in [1.54, 1.807) is 7.11 Å². The van der Waals surface area contributed by atoms with E-state index in [-0.39, 0.29) is 0 Å². The van der Waals surface area contributed by atoms with Gasteiger partial charge in [-0.1, -0.05) is 6.07 Å². The third-order valence-corrected chi connectivity index (χ3v) is 3.47. The SMILES string of the molecule is COc1cccc(N(CCCN)CCc2ccncc2)c1. The summed E-state index contributed by atoms with van der Waals surface area (Å²) in [4.78, 5) is 6.41. The first-order valence-corrected chi connectivity index (χ1v) is 7.31. The first kappa shape index (κ1) is 15.3. The van der Waals surface area contributed by atoms with Crippen molar-refractivity contribution < 1.29 is 4.74 Å². The van der Waals surface area contributed by atoms with Crippen molar-refractivity contribution in [3.05, 3.63) is 54.4 Å². The number of hydrogen-bond acceptors (Lipinski definition) is 4. The average Bonchev–Trinajstić information content (AvgIpc) is 2.56. The Labute approximate surface area is 126 Å². The summed E-state index contributed by atoms with van der Waals surface area (Å²) in [5.41, 5.74) is 8.13. The van der Waals surface area contributed by atoms with E-state index < -0.39 is 0 Å². The number of pyridine rings is 1. The molecule has 4 heteroatoms. The van der Waals surface area contributed by atoms with Crippen molar-refractivity contribution in [2.24, 2.45) is 5.73 Å². The van der Waals surface area contributed by atoms with Gasteiger partial charge in [0.05, 0.1) is 7.11 Å². The number of benzene rings is 1. The molecule has 0 atom stereocenters. The molecule has 21 heavy (non-hydrogen) atoms. The lowest BCUT2D eigenvalue weighted by atomic mass is 10.1. The second-order valence-electron chi connectivity index (χ2n) is 4.94. The van der Waals surface area contributed by atoms with Crippen LogP contribution in [0.2, 0.25) is 0 Å². The molecular weight excluding hydrogens is 262 g/mol. The molecule has 1 aromatic carbocycles. The molecule has 0 aliphatic rings. The van der Waals surface area contributed by atoms with Crippen LogP contribution in [0.15, 0.2) is 48.8 Å². The fourth-order valence-electron chi connectivity index (χ4n) is 2.27. The predicted octanol–water partition coefficient (Wildman–Crippen LogP) is 2.49. The van der Waals surface area contributed by atoms with E-state index in [9.17, 15) is 0 Å². The summed E-state index contributed by atoms with van der Waals surface area (Å²) in [5, 5.41) is 0. The molecule has 0 spiro atoms. The van der Waals surface area contributed by atoms with Gasteiger partial charge < -0.3 is 15.4 Å². The molecule has 1 aromatic heterocycles. The van der Waals surface area contributed by atoms with E-state index in [0.717, 1.165) is 31.7 Å². The fraction of sp³-hybridized carbons (Fsp3) is 0.353. The molecule has 112 valence electrons. The van der Waals surface area contributed by atoms with E-state index in [1.165, 1.54) is 11.3 Å². The molecule has 0 radical (unpaired) electrons. The van der Waals surface area contributed by atoms with Crippen LogP contribution in [0.25, 0.3) is 0 Å². The third-order valence-electron chi connectivity index (χ3n) is 3.47. The Morgan fingerprint density at radius 3 is 2.67 bits per heavy atom. The quantitative estimate of drug-likeness (QED) is 0.809. The van der Waals surface area contributed by atoms with Gasteiger partial charge in [0, 0.05) is 37.2 Å². The van der Waals surface area contributed by atoms with E-state index in [1.807, 2.05) is 24.5 Å². The van der Waals surface area contributed by atoms with Gasteiger partial charge in [0.15, 0.2) is 0 Å². The van der Waals surface area contributed by atoms with E-state index >= 15 is 0 Å². The standard InChI is InChI=1S/C17H23N3O/c1-21-17-5-2-4-16(14-17)20(12-3-9-18)13-8-15-6-10-19-11-7-15/h2,4-7,10-11,14H,3,8-9,12-13,18H2,1H3. The van der Waals surface area contributed by atoms with Crippen molar-refractivity contribution in [3.8, 4) is 5.75 Å². The summed E-state index contributed by atoms with van der Waals surface area (Å²) in [6.07, 6.45) is 5.65. The number of ether oxygens (including phenoxy) is 1. The lowest BCUT2D eigenvalue weighted by Gasteiger charge is -2.25. The largest absolute Gasteiger partial charge is 0.497 e. The maximum Gasteiger partial charge on any atom is 0.120 e. The number of nitrogens with two attached hydrogens (primary N) is 1. The van der Waals surface area contributed by atoms with Crippen LogP contribution in [-0.2, 0) is 6.42 Å². The second-order valence-corrected chi connectivity index (χ2v) is 4.94. The minimum Gasteiger partial charge on any atom is -0.497 e. The van der Waals surface area contributed by atoms with Gasteiger partial charge in [0.2, 0.25) is 0 Å². The Hall–Kier alpha value is -2.07. The van der Waals surface area contributed by atoms with Crippen LogP contribution in [-0.4, -0.2) is 31.7 Å². The summed E-state index contributed by atoms with van der Waals surface area (Å²) in [6, 6.07) is 12.3. The van der Waals surface area contributed by atoms with Crippen molar-refractivity contribution >= 4 is 5.69 Å². The van der Waals surface area contributed by atoms with Gasteiger partial charge in [-0.2, -0.15) is 0 Å². The molecule has 4 nitrogen and oxygen atoms in total. The lowest BCUT2D eigenvalue weighted by molar-refractivity contribution is 0.414. The zero-order valence-electron chi connectivity index (χ0n) is 12.5. The molecule has 0 bridgehead atoms. The molecule has 2 rings (SSSR count). The Morgan fingerprint density at radius 2 is 1.95 bits per heavy atom. The number of hydrogen-bond donors (Lipinski definition) is 1. The molecule has 0 saturated heterocycles. The topological polar surface area (TPSA) is 51.4 Å². The Bertz CT molecular complexity index is 531. The van der Waals surface area contributed by atoms with E-state index in [4.69, 9.17) is 10.5 Å². The molecule has 2 N–H and O–H groups in total. The van der Waals surface area contributed by atoms with Crippen molar-refractivity contribution in [2.45, 2.75) is 12.8 Å². The number of aromatic nitrogens is 1. The number of anilines is 1. The number of methoxy groups -OCH3 is 1. The Morgan fingerprint density at radius 1 is 1.14 bits per heavy atom. The second kappa shape index (κ2) is 8.27. The maximum atomic E-state index is 5.66. The molecule has 1 heterocycles. The fourth-order valence-corrected chi connectivity index (χ4v) is 2.27. The smallest absolute Gasteiger partial charge is 0.120 e. The van der Waals surface area contributed by atoms with Crippen LogP contribution >= 0.6 is 0 Å². The molecule has 0 aliphatic heterocycles. The normalized spacial score (nSPS) is 10.4. The van der Waals surface area contributed by atoms with Crippen molar-refractivity contribution in [1.29, 1.82) is 0 Å². The molecule has 0 aliphatic carbocycles. The molecule has 0 amide bonds. The molecular formula is C17H23N3O. The summed E-state index contributed by atoms with van der Waals surface area (Å²) in [6.45, 7) is 2.61. The van der Waals surface area contributed by atoms with Crippen LogP contribution < -0.4 is 15.4 Å². The molecule has 2 aromatic rings. The van der Waals surface area contributed by atoms with Crippen LogP contribution in [0, 0.1) is 0 Å². The van der Waals surface area contributed by atoms with Crippen LogP contribution in [0.4, 0.5) is 5.69 Å². The van der Waals surface area contributed by atoms with Crippen LogP contribution in [0.3, 0.4) is 0 Å². The number of nitrogens with zero attached hydrogens (tertiary/aromatic N) is 2. The van der Waals surface area contributed by atoms with Gasteiger partial charge in [0.1, 0.15) is 5.75 Å². The van der Waals surface area contributed by atoms with Gasteiger partial charge in [0.25, 0.3) is 0 Å². The van der Waals surface area contributed by atoms with E-state index in [0.29, 0.717) is 6.54 Å². The van der Waals surface area contributed by atoms with Crippen molar-refractivity contribution in [1.82, 2.24) is 4.98 Å². The highest BCUT2D eigenvalue weighted by atomic mass is 16.5. The molecule has 0 unspecified atom stereocenters. The highest BCUT2D eigenvalue weighted by molar-refractivity contribution is 5.50. The number of rotatable bonds is 8. The lowest BCUT2D eigenvalue weighted by Crippen LogP contribution is -2.28. The maximum absolute atomic E-state index is 5.66. The zero-order valence-corrected chi connectivity index (χ0v) is 12.5. The van der Waals surface area contributed by atoms with E-state index in [2.05, 4.69) is 34.1 Å². The van der Waals surface area contributed by atoms with Crippen LogP contribution in [0.5, 0.6) is 5.75 Å². The zero-order chi connectivity index (χ0) is 14.9. The monoisotopic (exact) mass is 285 g/mol. The van der Waals surface area contributed by atoms with Gasteiger partial charge in [-0.3, -0.25) is 4.98 Å². The summed E-state index contributed by atoms with van der Waals surface area (Å²) < 4.78 is 5.31. The minimum atomic E-state index is 0.704. The highest BCUT2D eigenvalue weighted by Crippen LogP contribution is 2.21. The third kappa shape index (κ3) is 4.76. The minimum absolute atomic E-state index is 0.704. The van der Waals surface area contributed by atoms with Gasteiger partial charge in [-0.05, 0) is 49.2 Å². The molecule has 0 saturated carbocycles. The summed E-state index contributed by atoms with van der Waals surface area (Å²) in [5.74, 6) is 0.883. The van der Waals surface area contributed by atoms with Crippen LogP contribution in [0.1, 0.15) is 12.0 Å².